The third kappa shape index (κ3) is 3.00. The van der Waals surface area contributed by atoms with Gasteiger partial charge in [0.05, 0.1) is 13.0 Å². The van der Waals surface area contributed by atoms with Gasteiger partial charge in [-0.05, 0) is 18.4 Å². The molecule has 4 nitrogen and oxygen atoms in total. The van der Waals surface area contributed by atoms with Gasteiger partial charge < -0.3 is 4.74 Å². The minimum absolute atomic E-state index is 0.0508. The molecule has 0 saturated carbocycles. The van der Waals surface area contributed by atoms with Gasteiger partial charge in [0.1, 0.15) is 5.78 Å². The Kier molecular flexibility index (Phi) is 4.06. The van der Waals surface area contributed by atoms with Crippen LogP contribution in [0.3, 0.4) is 0 Å². The average Bonchev–Trinajstić information content (AvgIpc) is 2.48. The van der Waals surface area contributed by atoms with Crippen LogP contribution >= 0.6 is 0 Å². The highest BCUT2D eigenvalue weighted by molar-refractivity contribution is 5.81. The van der Waals surface area contributed by atoms with Gasteiger partial charge in [0.25, 0.3) is 0 Å². The zero-order chi connectivity index (χ0) is 14.8. The summed E-state index contributed by atoms with van der Waals surface area (Å²) in [6, 6.07) is 10.7. The van der Waals surface area contributed by atoms with E-state index in [4.69, 9.17) is 4.74 Å². The standard InChI is InChI=1S/C17H21NO3/c1-21-17(20)13-7-14-9-16(19)10-15(8-13)18(14)11-12-5-3-2-4-6-12/h2-6,13-15H,7-11H2,1H3/t13?,14-,15+. The van der Waals surface area contributed by atoms with E-state index in [2.05, 4.69) is 17.0 Å². The molecule has 2 saturated heterocycles. The average molecular weight is 287 g/mol. The molecular weight excluding hydrogens is 266 g/mol. The number of piperidine rings is 2. The maximum Gasteiger partial charge on any atom is 0.308 e. The summed E-state index contributed by atoms with van der Waals surface area (Å²) in [7, 11) is 1.44. The van der Waals surface area contributed by atoms with Crippen molar-refractivity contribution in [1.82, 2.24) is 4.90 Å². The van der Waals surface area contributed by atoms with Gasteiger partial charge in [-0.1, -0.05) is 30.3 Å². The van der Waals surface area contributed by atoms with E-state index in [0.717, 1.165) is 19.4 Å². The number of fused-ring (bicyclic) bond motifs is 2. The lowest BCUT2D eigenvalue weighted by atomic mass is 9.77. The Balaban J connectivity index is 1.76. The van der Waals surface area contributed by atoms with Gasteiger partial charge in [0.15, 0.2) is 0 Å². The molecule has 0 N–H and O–H groups in total. The second-order valence-electron chi connectivity index (χ2n) is 6.10. The molecule has 4 heteroatoms. The Morgan fingerprint density at radius 2 is 1.81 bits per heavy atom. The topological polar surface area (TPSA) is 46.6 Å². The van der Waals surface area contributed by atoms with Gasteiger partial charge in [0, 0.05) is 31.5 Å². The normalized spacial score (nSPS) is 29.2. The Morgan fingerprint density at radius 1 is 1.19 bits per heavy atom. The van der Waals surface area contributed by atoms with Gasteiger partial charge in [-0.15, -0.1) is 0 Å². The summed E-state index contributed by atoms with van der Waals surface area (Å²) in [5, 5.41) is 0. The Morgan fingerprint density at radius 3 is 2.38 bits per heavy atom. The zero-order valence-electron chi connectivity index (χ0n) is 12.3. The number of ketones is 1. The molecule has 2 bridgehead atoms. The molecule has 0 aromatic heterocycles. The lowest BCUT2D eigenvalue weighted by Gasteiger charge is -2.47. The van der Waals surface area contributed by atoms with Crippen LogP contribution < -0.4 is 0 Å². The highest BCUT2D eigenvalue weighted by Crippen LogP contribution is 2.37. The molecule has 0 radical (unpaired) electrons. The highest BCUT2D eigenvalue weighted by atomic mass is 16.5. The van der Waals surface area contributed by atoms with Crippen molar-refractivity contribution in [3.63, 3.8) is 0 Å². The van der Waals surface area contributed by atoms with E-state index in [1.165, 1.54) is 12.7 Å². The van der Waals surface area contributed by atoms with Crippen molar-refractivity contribution in [1.29, 1.82) is 0 Å². The first-order valence-corrected chi connectivity index (χ1v) is 7.56. The van der Waals surface area contributed by atoms with Crippen LogP contribution in [-0.4, -0.2) is 35.8 Å². The van der Waals surface area contributed by atoms with Crippen molar-refractivity contribution in [3.05, 3.63) is 35.9 Å². The third-order valence-electron chi connectivity index (χ3n) is 4.72. The number of nitrogens with zero attached hydrogens (tertiary/aromatic N) is 1. The highest BCUT2D eigenvalue weighted by Gasteiger charge is 2.43. The second-order valence-corrected chi connectivity index (χ2v) is 6.10. The summed E-state index contributed by atoms with van der Waals surface area (Å²) in [6.45, 7) is 0.858. The first-order valence-electron chi connectivity index (χ1n) is 7.56. The molecule has 3 rings (SSSR count). The Hall–Kier alpha value is -1.68. The summed E-state index contributed by atoms with van der Waals surface area (Å²) in [4.78, 5) is 26.1. The molecule has 2 fully saturated rings. The molecule has 1 aromatic rings. The molecule has 0 spiro atoms. The molecular formula is C17H21NO3. The Labute approximate surface area is 125 Å². The number of esters is 1. The van der Waals surface area contributed by atoms with Crippen molar-refractivity contribution in [3.8, 4) is 0 Å². The number of hydrogen-bond acceptors (Lipinski definition) is 4. The number of ether oxygens (including phenoxy) is 1. The van der Waals surface area contributed by atoms with E-state index in [9.17, 15) is 9.59 Å². The van der Waals surface area contributed by atoms with E-state index in [0.29, 0.717) is 18.6 Å². The fourth-order valence-corrected chi connectivity index (χ4v) is 3.74. The van der Waals surface area contributed by atoms with Crippen LogP contribution in [0.4, 0.5) is 0 Å². The number of methoxy groups -OCH3 is 1. The lowest BCUT2D eigenvalue weighted by molar-refractivity contribution is -0.152. The van der Waals surface area contributed by atoms with Crippen molar-refractivity contribution < 1.29 is 14.3 Å². The van der Waals surface area contributed by atoms with Crippen molar-refractivity contribution in [2.45, 2.75) is 44.3 Å². The van der Waals surface area contributed by atoms with Gasteiger partial charge in [-0.2, -0.15) is 0 Å². The van der Waals surface area contributed by atoms with Crippen molar-refractivity contribution >= 4 is 11.8 Å². The monoisotopic (exact) mass is 287 g/mol. The minimum Gasteiger partial charge on any atom is -0.469 e. The summed E-state index contributed by atoms with van der Waals surface area (Å²) >= 11 is 0. The Bertz CT molecular complexity index is 510. The van der Waals surface area contributed by atoms with Gasteiger partial charge in [0.2, 0.25) is 0 Å². The maximum absolute atomic E-state index is 11.9. The molecule has 2 aliphatic heterocycles. The van der Waals surface area contributed by atoms with Crippen LogP contribution in [0.5, 0.6) is 0 Å². The van der Waals surface area contributed by atoms with Gasteiger partial charge in [-0.3, -0.25) is 14.5 Å². The first-order chi connectivity index (χ1) is 10.2. The molecule has 0 aliphatic carbocycles. The molecule has 1 aromatic carbocycles. The first kappa shape index (κ1) is 14.3. The second kappa shape index (κ2) is 5.98. The van der Waals surface area contributed by atoms with E-state index in [1.807, 2.05) is 18.2 Å². The summed E-state index contributed by atoms with van der Waals surface area (Å²) in [6.07, 6.45) is 2.61. The number of benzene rings is 1. The van der Waals surface area contributed by atoms with E-state index < -0.39 is 0 Å². The predicted octanol–water partition coefficient (Wildman–Crippen LogP) is 2.17. The van der Waals surface area contributed by atoms with Crippen LogP contribution in [0.1, 0.15) is 31.2 Å². The molecule has 3 atom stereocenters. The quantitative estimate of drug-likeness (QED) is 0.799. The molecule has 1 unspecified atom stereocenters. The van der Waals surface area contributed by atoms with Gasteiger partial charge in [-0.25, -0.2) is 0 Å². The fraction of sp³-hybridized carbons (Fsp3) is 0.529. The number of Topliss-reactive ketones (excluding diaryl/α,β-unsaturated/α-hetero) is 1. The predicted molar refractivity (Wildman–Crippen MR) is 78.5 cm³/mol. The van der Waals surface area contributed by atoms with Crippen LogP contribution in [-0.2, 0) is 20.9 Å². The van der Waals surface area contributed by atoms with E-state index >= 15 is 0 Å². The minimum atomic E-state index is -0.126. The number of carbonyl (C=O) groups excluding carboxylic acids is 2. The molecule has 2 heterocycles. The zero-order valence-corrected chi connectivity index (χ0v) is 12.3. The lowest BCUT2D eigenvalue weighted by Crippen LogP contribution is -2.55. The van der Waals surface area contributed by atoms with Crippen LogP contribution in [0, 0.1) is 5.92 Å². The largest absolute Gasteiger partial charge is 0.469 e. The van der Waals surface area contributed by atoms with E-state index in [-0.39, 0.29) is 24.0 Å². The smallest absolute Gasteiger partial charge is 0.308 e. The van der Waals surface area contributed by atoms with Crippen molar-refractivity contribution in [2.75, 3.05) is 7.11 Å². The van der Waals surface area contributed by atoms with Gasteiger partial charge >= 0.3 is 5.97 Å². The molecule has 2 aliphatic rings. The fourth-order valence-electron chi connectivity index (χ4n) is 3.74. The van der Waals surface area contributed by atoms with E-state index in [1.54, 1.807) is 0 Å². The van der Waals surface area contributed by atoms with Crippen molar-refractivity contribution in [2.24, 2.45) is 5.92 Å². The van der Waals surface area contributed by atoms with Crippen LogP contribution in [0.15, 0.2) is 30.3 Å². The van der Waals surface area contributed by atoms with Crippen LogP contribution in [0.25, 0.3) is 0 Å². The maximum atomic E-state index is 11.9. The number of hydrogen-bond donors (Lipinski definition) is 0. The molecule has 112 valence electrons. The number of rotatable bonds is 3. The summed E-state index contributed by atoms with van der Waals surface area (Å²) in [5.74, 6) is 0.154. The molecule has 0 amide bonds. The summed E-state index contributed by atoms with van der Waals surface area (Å²) < 4.78 is 4.89. The van der Waals surface area contributed by atoms with Crippen LogP contribution in [0.2, 0.25) is 0 Å². The summed E-state index contributed by atoms with van der Waals surface area (Å²) in [5.41, 5.74) is 1.26. The molecule has 21 heavy (non-hydrogen) atoms. The third-order valence-corrected chi connectivity index (χ3v) is 4.72. The number of carbonyl (C=O) groups is 2. The SMILES string of the molecule is COC(=O)C1C[C@H]2CC(=O)C[C@@H](C1)N2Cc1ccccc1.